The Bertz CT molecular complexity index is 474. The van der Waals surface area contributed by atoms with Crippen molar-refractivity contribution in [2.45, 2.75) is 26.8 Å². The van der Waals surface area contributed by atoms with Gasteiger partial charge >= 0.3 is 0 Å². The first-order chi connectivity index (χ1) is 9.45. The third-order valence-electron chi connectivity index (χ3n) is 2.86. The quantitative estimate of drug-likeness (QED) is 0.402. The molecule has 1 atom stereocenters. The van der Waals surface area contributed by atoms with Crippen LogP contribution in [0, 0.1) is 12.8 Å². The van der Waals surface area contributed by atoms with Crippen LogP contribution in [0.2, 0.25) is 0 Å². The van der Waals surface area contributed by atoms with Gasteiger partial charge in [0.15, 0.2) is 6.61 Å². The number of benzene rings is 1. The van der Waals surface area contributed by atoms with Gasteiger partial charge in [0.05, 0.1) is 0 Å². The summed E-state index contributed by atoms with van der Waals surface area (Å²) < 4.78 is 5.42. The number of ether oxygens (including phenoxy) is 1. The lowest BCUT2D eigenvalue weighted by Gasteiger charge is -2.20. The van der Waals surface area contributed by atoms with Crippen LogP contribution < -0.4 is 21.3 Å². The highest BCUT2D eigenvalue weighted by Gasteiger charge is 2.23. The van der Waals surface area contributed by atoms with Crippen LogP contribution in [0.25, 0.3) is 0 Å². The van der Waals surface area contributed by atoms with E-state index in [1.165, 1.54) is 0 Å². The van der Waals surface area contributed by atoms with Crippen molar-refractivity contribution < 1.29 is 14.3 Å². The fourth-order valence-corrected chi connectivity index (χ4v) is 1.70. The molecule has 1 rings (SSSR count). The number of hydrogen-bond acceptors (Lipinski definition) is 4. The van der Waals surface area contributed by atoms with Crippen LogP contribution in [-0.2, 0) is 9.59 Å². The lowest BCUT2D eigenvalue weighted by molar-refractivity contribution is -0.131. The smallest absolute Gasteiger partial charge is 0.258 e. The van der Waals surface area contributed by atoms with E-state index in [0.717, 1.165) is 5.56 Å². The Morgan fingerprint density at radius 2 is 1.95 bits per heavy atom. The second-order valence-corrected chi connectivity index (χ2v) is 4.85. The van der Waals surface area contributed by atoms with E-state index < -0.39 is 11.9 Å². The van der Waals surface area contributed by atoms with E-state index in [0.29, 0.717) is 5.75 Å². The zero-order chi connectivity index (χ0) is 15.1. The van der Waals surface area contributed by atoms with Crippen LogP contribution in [0.3, 0.4) is 0 Å². The third-order valence-corrected chi connectivity index (χ3v) is 2.86. The molecule has 0 fully saturated rings. The van der Waals surface area contributed by atoms with Gasteiger partial charge in [-0.15, -0.1) is 0 Å². The summed E-state index contributed by atoms with van der Waals surface area (Å²) in [5, 5.41) is 2.60. The minimum Gasteiger partial charge on any atom is -0.484 e. The Morgan fingerprint density at radius 1 is 1.30 bits per heavy atom. The molecule has 0 saturated heterocycles. The molecule has 110 valence electrons. The summed E-state index contributed by atoms with van der Waals surface area (Å²) in [5.74, 6) is 4.87. The van der Waals surface area contributed by atoms with Crippen molar-refractivity contribution in [2.24, 2.45) is 11.8 Å². The molecule has 2 amide bonds. The zero-order valence-electron chi connectivity index (χ0n) is 12.0. The minimum absolute atomic E-state index is 0.0686. The number of aryl methyl sites for hydroxylation is 1. The Labute approximate surface area is 118 Å². The van der Waals surface area contributed by atoms with E-state index in [1.54, 1.807) is 6.07 Å². The van der Waals surface area contributed by atoms with Gasteiger partial charge in [-0.3, -0.25) is 15.0 Å². The number of amides is 2. The number of rotatable bonds is 6. The number of hydrazine groups is 1. The van der Waals surface area contributed by atoms with Gasteiger partial charge in [0, 0.05) is 0 Å². The summed E-state index contributed by atoms with van der Waals surface area (Å²) in [6, 6.07) is 6.73. The third kappa shape index (κ3) is 4.55. The maximum absolute atomic E-state index is 11.8. The largest absolute Gasteiger partial charge is 0.484 e. The normalized spacial score (nSPS) is 11.8. The number of carbonyl (C=O) groups excluding carboxylic acids is 2. The molecule has 0 radical (unpaired) electrons. The van der Waals surface area contributed by atoms with E-state index in [-0.39, 0.29) is 18.4 Å². The van der Waals surface area contributed by atoms with Crippen molar-refractivity contribution >= 4 is 11.8 Å². The Morgan fingerprint density at radius 3 is 2.50 bits per heavy atom. The summed E-state index contributed by atoms with van der Waals surface area (Å²) in [6.07, 6.45) is 0. The number of nitrogens with one attached hydrogen (secondary N) is 2. The summed E-state index contributed by atoms with van der Waals surface area (Å²) >= 11 is 0. The maximum Gasteiger partial charge on any atom is 0.258 e. The molecule has 1 aromatic carbocycles. The lowest BCUT2D eigenvalue weighted by atomic mass is 10.0. The van der Waals surface area contributed by atoms with Crippen LogP contribution in [-0.4, -0.2) is 24.5 Å². The van der Waals surface area contributed by atoms with Crippen molar-refractivity contribution in [2.75, 3.05) is 6.61 Å². The topological polar surface area (TPSA) is 93.4 Å². The molecule has 20 heavy (non-hydrogen) atoms. The molecule has 0 aliphatic heterocycles. The molecule has 0 saturated carbocycles. The van der Waals surface area contributed by atoms with E-state index in [9.17, 15) is 9.59 Å². The first-order valence-corrected chi connectivity index (χ1v) is 6.44. The van der Waals surface area contributed by atoms with Crippen molar-refractivity contribution in [1.29, 1.82) is 0 Å². The standard InChI is InChI=1S/C14H21N3O3/c1-9(2)13(14(19)17-15)16-12(18)8-20-11-7-5-4-6-10(11)3/h4-7,9,13H,8,15H2,1-3H3,(H,16,18)(H,17,19)/t13-/m0/s1. The van der Waals surface area contributed by atoms with Crippen molar-refractivity contribution in [3.05, 3.63) is 29.8 Å². The van der Waals surface area contributed by atoms with Crippen LogP contribution in [0.15, 0.2) is 24.3 Å². The highest BCUT2D eigenvalue weighted by Crippen LogP contribution is 2.15. The predicted molar refractivity (Wildman–Crippen MR) is 75.8 cm³/mol. The van der Waals surface area contributed by atoms with Gasteiger partial charge in [0.25, 0.3) is 11.8 Å². The molecule has 4 N–H and O–H groups in total. The van der Waals surface area contributed by atoms with E-state index in [1.807, 2.05) is 44.4 Å². The number of hydrogen-bond donors (Lipinski definition) is 3. The van der Waals surface area contributed by atoms with E-state index in [4.69, 9.17) is 10.6 Å². The Balaban J connectivity index is 2.55. The first-order valence-electron chi connectivity index (χ1n) is 6.44. The maximum atomic E-state index is 11.8. The molecule has 6 nitrogen and oxygen atoms in total. The molecule has 0 heterocycles. The zero-order valence-corrected chi connectivity index (χ0v) is 12.0. The SMILES string of the molecule is Cc1ccccc1OCC(=O)N[C@H](C(=O)NN)C(C)C. The van der Waals surface area contributed by atoms with Gasteiger partial charge in [-0.05, 0) is 24.5 Å². The minimum atomic E-state index is -0.673. The van der Waals surface area contributed by atoms with Crippen molar-refractivity contribution in [3.63, 3.8) is 0 Å². The molecule has 1 aromatic rings. The molecular formula is C14H21N3O3. The fourth-order valence-electron chi connectivity index (χ4n) is 1.70. The average molecular weight is 279 g/mol. The number of para-hydroxylation sites is 1. The molecular weight excluding hydrogens is 258 g/mol. The highest BCUT2D eigenvalue weighted by atomic mass is 16.5. The second kappa shape index (κ2) is 7.49. The Hall–Kier alpha value is -2.08. The summed E-state index contributed by atoms with van der Waals surface area (Å²) in [7, 11) is 0. The van der Waals surface area contributed by atoms with Crippen LogP contribution in [0.4, 0.5) is 0 Å². The van der Waals surface area contributed by atoms with Crippen molar-refractivity contribution in [3.8, 4) is 5.75 Å². The molecule has 0 unspecified atom stereocenters. The summed E-state index contributed by atoms with van der Waals surface area (Å²) in [4.78, 5) is 23.3. The molecule has 0 aromatic heterocycles. The highest BCUT2D eigenvalue weighted by molar-refractivity contribution is 5.88. The summed E-state index contributed by atoms with van der Waals surface area (Å²) in [5.41, 5.74) is 2.99. The van der Waals surface area contributed by atoms with Gasteiger partial charge in [-0.1, -0.05) is 32.0 Å². The van der Waals surface area contributed by atoms with Gasteiger partial charge in [-0.2, -0.15) is 0 Å². The lowest BCUT2D eigenvalue weighted by Crippen LogP contribution is -2.52. The van der Waals surface area contributed by atoms with Crippen LogP contribution in [0.5, 0.6) is 5.75 Å². The predicted octanol–water partition coefficient (Wildman–Crippen LogP) is 0.505. The van der Waals surface area contributed by atoms with Gasteiger partial charge in [0.2, 0.25) is 0 Å². The fraction of sp³-hybridized carbons (Fsp3) is 0.429. The molecule has 0 aliphatic rings. The molecule has 6 heteroatoms. The van der Waals surface area contributed by atoms with Gasteiger partial charge < -0.3 is 10.1 Å². The van der Waals surface area contributed by atoms with Crippen molar-refractivity contribution in [1.82, 2.24) is 10.7 Å². The van der Waals surface area contributed by atoms with E-state index in [2.05, 4.69) is 5.32 Å². The average Bonchev–Trinajstić information content (AvgIpc) is 2.42. The van der Waals surface area contributed by atoms with Gasteiger partial charge in [0.1, 0.15) is 11.8 Å². The first kappa shape index (κ1) is 16.0. The number of carbonyl (C=O) groups is 2. The second-order valence-electron chi connectivity index (χ2n) is 4.85. The van der Waals surface area contributed by atoms with Crippen LogP contribution >= 0.6 is 0 Å². The summed E-state index contributed by atoms with van der Waals surface area (Å²) in [6.45, 7) is 5.39. The van der Waals surface area contributed by atoms with E-state index >= 15 is 0 Å². The molecule has 0 aliphatic carbocycles. The van der Waals surface area contributed by atoms with Crippen LogP contribution in [0.1, 0.15) is 19.4 Å². The molecule has 0 spiro atoms. The monoisotopic (exact) mass is 279 g/mol. The van der Waals surface area contributed by atoms with Gasteiger partial charge in [-0.25, -0.2) is 5.84 Å². The Kier molecular flexibility index (Phi) is 5.99. The number of nitrogens with two attached hydrogens (primary N) is 1. The molecule has 0 bridgehead atoms.